The number of ketones is 1. The van der Waals surface area contributed by atoms with E-state index in [-0.39, 0.29) is 17.4 Å². The van der Waals surface area contributed by atoms with Crippen LogP contribution < -0.4 is 4.74 Å². The molecule has 1 fully saturated rings. The quantitative estimate of drug-likeness (QED) is 0.262. The average molecular weight is 508 g/mol. The highest BCUT2D eigenvalue weighted by atomic mass is 35.5. The number of ether oxygens (including phenoxy) is 1. The highest BCUT2D eigenvalue weighted by Gasteiger charge is 2.46. The lowest BCUT2D eigenvalue weighted by Crippen LogP contribution is -2.31. The number of carbonyl (C=O) groups excluding carboxylic acids is 2. The summed E-state index contributed by atoms with van der Waals surface area (Å²) in [4.78, 5) is 28.0. The monoisotopic (exact) mass is 507 g/mol. The fourth-order valence-electron chi connectivity index (χ4n) is 4.76. The van der Waals surface area contributed by atoms with E-state index in [2.05, 4.69) is 0 Å². The van der Waals surface area contributed by atoms with Crippen LogP contribution in [0, 0.1) is 0 Å². The fourth-order valence-corrected chi connectivity index (χ4v) is 5.07. The summed E-state index contributed by atoms with van der Waals surface area (Å²) in [6.45, 7) is 2.27. The summed E-state index contributed by atoms with van der Waals surface area (Å²) >= 11 is 12.4. The molecule has 0 radical (unpaired) electrons. The average Bonchev–Trinajstić information content (AvgIpc) is 3.35. The van der Waals surface area contributed by atoms with Gasteiger partial charge in [-0.1, -0.05) is 59.6 Å². The second kappa shape index (κ2) is 9.40. The molecule has 3 aromatic rings. The molecule has 1 saturated heterocycles. The number of benzene rings is 3. The minimum absolute atomic E-state index is 0.0355. The summed E-state index contributed by atoms with van der Waals surface area (Å²) in [6, 6.07) is 19.2. The molecule has 178 valence electrons. The van der Waals surface area contributed by atoms with E-state index in [1.165, 1.54) is 4.90 Å². The van der Waals surface area contributed by atoms with Gasteiger partial charge in [0.2, 0.25) is 0 Å². The summed E-state index contributed by atoms with van der Waals surface area (Å²) in [5, 5.41) is 12.0. The van der Waals surface area contributed by atoms with E-state index in [1.807, 2.05) is 43.3 Å². The van der Waals surface area contributed by atoms with Crippen LogP contribution in [0.1, 0.15) is 35.2 Å². The first-order valence-electron chi connectivity index (χ1n) is 11.4. The van der Waals surface area contributed by atoms with Gasteiger partial charge in [0.1, 0.15) is 17.6 Å². The van der Waals surface area contributed by atoms with Crippen LogP contribution in [0.25, 0.3) is 5.76 Å². The van der Waals surface area contributed by atoms with Crippen molar-refractivity contribution in [2.24, 2.45) is 0 Å². The van der Waals surface area contributed by atoms with E-state index in [4.69, 9.17) is 27.9 Å². The van der Waals surface area contributed by atoms with Crippen LogP contribution in [0.3, 0.4) is 0 Å². The highest BCUT2D eigenvalue weighted by molar-refractivity contribution is 6.46. The van der Waals surface area contributed by atoms with Crippen molar-refractivity contribution in [3.05, 3.63) is 105 Å². The second-order valence-corrected chi connectivity index (χ2v) is 9.67. The summed E-state index contributed by atoms with van der Waals surface area (Å²) in [6.07, 6.45) is 1.31. The van der Waals surface area contributed by atoms with Gasteiger partial charge >= 0.3 is 0 Å². The smallest absolute Gasteiger partial charge is 0.295 e. The zero-order chi connectivity index (χ0) is 24.7. The number of carbonyl (C=O) groups is 2. The molecule has 1 amide bonds. The van der Waals surface area contributed by atoms with Gasteiger partial charge < -0.3 is 14.7 Å². The van der Waals surface area contributed by atoms with Crippen molar-refractivity contribution in [2.45, 2.75) is 31.9 Å². The first-order valence-corrected chi connectivity index (χ1v) is 12.2. The molecule has 0 bridgehead atoms. The van der Waals surface area contributed by atoms with Crippen LogP contribution in [0.5, 0.6) is 5.75 Å². The Hall–Kier alpha value is -3.28. The number of hydrogen-bond donors (Lipinski definition) is 1. The maximum Gasteiger partial charge on any atom is 0.295 e. The molecule has 0 saturated carbocycles. The first kappa shape index (κ1) is 23.5. The van der Waals surface area contributed by atoms with Gasteiger partial charge in [-0.3, -0.25) is 9.59 Å². The van der Waals surface area contributed by atoms with Crippen LogP contribution >= 0.6 is 23.2 Å². The highest BCUT2D eigenvalue weighted by Crippen LogP contribution is 2.42. The van der Waals surface area contributed by atoms with Crippen molar-refractivity contribution in [2.75, 3.05) is 6.54 Å². The topological polar surface area (TPSA) is 66.8 Å². The SMILES string of the molecule is C[C@@H]1Cc2cc(C(O)=C3C(=O)C(=O)N(CCc4ccccc4)[C@H]3c3ccc(Cl)c(Cl)c3)ccc2O1. The van der Waals surface area contributed by atoms with Crippen molar-refractivity contribution >= 4 is 40.7 Å². The Bertz CT molecular complexity index is 1350. The predicted molar refractivity (Wildman–Crippen MR) is 136 cm³/mol. The number of likely N-dealkylation sites (tertiary alicyclic amines) is 1. The molecule has 2 aliphatic rings. The van der Waals surface area contributed by atoms with Crippen LogP contribution in [0.2, 0.25) is 10.0 Å². The molecule has 2 heterocycles. The molecular weight excluding hydrogens is 485 g/mol. The Labute approximate surface area is 213 Å². The number of halogens is 2. The van der Waals surface area contributed by atoms with Gasteiger partial charge in [-0.15, -0.1) is 0 Å². The Morgan fingerprint density at radius 2 is 1.80 bits per heavy atom. The molecule has 5 nitrogen and oxygen atoms in total. The summed E-state index contributed by atoms with van der Waals surface area (Å²) in [5.41, 5.74) is 3.09. The summed E-state index contributed by atoms with van der Waals surface area (Å²) in [5.74, 6) is -0.837. The zero-order valence-corrected chi connectivity index (χ0v) is 20.5. The second-order valence-electron chi connectivity index (χ2n) is 8.86. The van der Waals surface area contributed by atoms with Crippen molar-refractivity contribution in [3.63, 3.8) is 0 Å². The summed E-state index contributed by atoms with van der Waals surface area (Å²) in [7, 11) is 0. The van der Waals surface area contributed by atoms with Crippen LogP contribution in [0.4, 0.5) is 0 Å². The summed E-state index contributed by atoms with van der Waals surface area (Å²) < 4.78 is 5.76. The lowest BCUT2D eigenvalue weighted by atomic mass is 9.94. The van der Waals surface area contributed by atoms with E-state index in [9.17, 15) is 14.7 Å². The molecule has 1 N–H and O–H groups in total. The minimum Gasteiger partial charge on any atom is -0.507 e. The number of Topliss-reactive ketones (excluding diaryl/α,β-unsaturated/α-hetero) is 1. The first-order chi connectivity index (χ1) is 16.8. The third-order valence-corrected chi connectivity index (χ3v) is 7.19. The van der Waals surface area contributed by atoms with Gasteiger partial charge in [-0.05, 0) is 60.4 Å². The van der Waals surface area contributed by atoms with E-state index >= 15 is 0 Å². The molecule has 0 aromatic heterocycles. The normalized spacial score (nSPS) is 20.7. The molecule has 0 aliphatic carbocycles. The molecule has 3 aromatic carbocycles. The standard InChI is InChI=1S/C28H23Cl2NO4/c1-16-13-20-14-19(8-10-23(20)35-16)26(32)24-25(18-7-9-21(29)22(30)15-18)31(28(34)27(24)33)12-11-17-5-3-2-4-6-17/h2-10,14-16,25,32H,11-13H2,1H3/t16-,25+/m1/s1. The number of rotatable bonds is 5. The van der Waals surface area contributed by atoms with Crippen molar-refractivity contribution in [3.8, 4) is 5.75 Å². The molecular formula is C28H23Cl2NO4. The van der Waals surface area contributed by atoms with E-state index in [0.717, 1.165) is 16.9 Å². The molecule has 0 spiro atoms. The number of amides is 1. The van der Waals surface area contributed by atoms with Gasteiger partial charge in [-0.2, -0.15) is 0 Å². The number of nitrogens with zero attached hydrogens (tertiary/aromatic N) is 1. The number of fused-ring (bicyclic) bond motifs is 1. The lowest BCUT2D eigenvalue weighted by molar-refractivity contribution is -0.139. The van der Waals surface area contributed by atoms with Gasteiger partial charge in [0, 0.05) is 18.5 Å². The zero-order valence-electron chi connectivity index (χ0n) is 19.0. The predicted octanol–water partition coefficient (Wildman–Crippen LogP) is 5.98. The van der Waals surface area contributed by atoms with Crippen molar-refractivity contribution in [1.82, 2.24) is 4.90 Å². The maximum absolute atomic E-state index is 13.3. The third kappa shape index (κ3) is 4.42. The van der Waals surface area contributed by atoms with Crippen molar-refractivity contribution in [1.29, 1.82) is 0 Å². The van der Waals surface area contributed by atoms with Crippen LogP contribution in [0.15, 0.2) is 72.3 Å². The molecule has 5 rings (SSSR count). The van der Waals surface area contributed by atoms with E-state index in [0.29, 0.717) is 40.6 Å². The van der Waals surface area contributed by atoms with Crippen LogP contribution in [-0.2, 0) is 22.4 Å². The molecule has 0 unspecified atom stereocenters. The van der Waals surface area contributed by atoms with Crippen molar-refractivity contribution < 1.29 is 19.4 Å². The third-order valence-electron chi connectivity index (χ3n) is 6.45. The molecule has 35 heavy (non-hydrogen) atoms. The van der Waals surface area contributed by atoms with Crippen LogP contribution in [-0.4, -0.2) is 34.3 Å². The molecule has 2 aliphatic heterocycles. The van der Waals surface area contributed by atoms with Gasteiger partial charge in [-0.25, -0.2) is 0 Å². The fraction of sp³-hybridized carbons (Fsp3) is 0.214. The molecule has 7 heteroatoms. The van der Waals surface area contributed by atoms with Gasteiger partial charge in [0.05, 0.1) is 21.7 Å². The minimum atomic E-state index is -0.795. The van der Waals surface area contributed by atoms with E-state index < -0.39 is 17.7 Å². The lowest BCUT2D eigenvalue weighted by Gasteiger charge is -2.25. The largest absolute Gasteiger partial charge is 0.507 e. The number of aliphatic hydroxyl groups excluding tert-OH is 1. The Morgan fingerprint density at radius 1 is 1.03 bits per heavy atom. The van der Waals surface area contributed by atoms with Gasteiger partial charge in [0.25, 0.3) is 11.7 Å². The Morgan fingerprint density at radius 3 is 2.54 bits per heavy atom. The Kier molecular flexibility index (Phi) is 6.30. The van der Waals surface area contributed by atoms with Gasteiger partial charge in [0.15, 0.2) is 0 Å². The Balaban J connectivity index is 1.59. The number of aliphatic hydroxyl groups is 1. The molecule has 2 atom stereocenters. The number of hydrogen-bond acceptors (Lipinski definition) is 4. The van der Waals surface area contributed by atoms with E-state index in [1.54, 1.807) is 30.3 Å². The maximum atomic E-state index is 13.3.